The van der Waals surface area contributed by atoms with Crippen LogP contribution in [-0.2, 0) is 24.3 Å². The zero-order chi connectivity index (χ0) is 20.6. The van der Waals surface area contributed by atoms with Gasteiger partial charge in [0.1, 0.15) is 5.82 Å². The van der Waals surface area contributed by atoms with Crippen molar-refractivity contribution in [3.05, 3.63) is 29.6 Å². The summed E-state index contributed by atoms with van der Waals surface area (Å²) in [6.45, 7) is 2.67. The lowest BCUT2D eigenvalue weighted by atomic mass is 10.2. The van der Waals surface area contributed by atoms with Crippen LogP contribution in [-0.4, -0.2) is 63.8 Å². The summed E-state index contributed by atoms with van der Waals surface area (Å²) < 4.78 is 44.7. The van der Waals surface area contributed by atoms with Gasteiger partial charge in [-0.3, -0.25) is 9.59 Å². The number of amides is 2. The number of carbonyl (C=O) groups is 3. The van der Waals surface area contributed by atoms with Gasteiger partial charge in [-0.15, -0.1) is 0 Å². The monoisotopic (exact) mass is 403 g/mol. The number of halogens is 1. The molecule has 0 aromatic heterocycles. The number of nitrogens with zero attached hydrogens (tertiary/aromatic N) is 1. The van der Waals surface area contributed by atoms with Crippen LogP contribution in [0.1, 0.15) is 24.2 Å². The highest BCUT2D eigenvalue weighted by Crippen LogP contribution is 2.19. The molecule has 1 aromatic rings. The number of hydrogen-bond donors (Lipinski definition) is 2. The minimum absolute atomic E-state index is 0.210. The van der Waals surface area contributed by atoms with Gasteiger partial charge in [-0.2, -0.15) is 4.31 Å². The molecule has 0 spiro atoms. The van der Waals surface area contributed by atoms with Crippen molar-refractivity contribution in [2.24, 2.45) is 0 Å². The van der Waals surface area contributed by atoms with Crippen LogP contribution < -0.4 is 10.6 Å². The molecule has 27 heavy (non-hydrogen) atoms. The third-order valence-corrected chi connectivity index (χ3v) is 5.61. The van der Waals surface area contributed by atoms with E-state index in [2.05, 4.69) is 15.4 Å². The van der Waals surface area contributed by atoms with Crippen molar-refractivity contribution < 1.29 is 31.9 Å². The molecule has 0 radical (unpaired) electrons. The Morgan fingerprint density at radius 3 is 2.33 bits per heavy atom. The molecule has 0 aliphatic heterocycles. The van der Waals surface area contributed by atoms with E-state index in [1.165, 1.54) is 7.05 Å². The molecule has 1 rings (SSSR count). The van der Waals surface area contributed by atoms with Gasteiger partial charge in [0.25, 0.3) is 5.91 Å². The van der Waals surface area contributed by atoms with E-state index < -0.39 is 45.8 Å². The van der Waals surface area contributed by atoms with E-state index in [9.17, 15) is 27.2 Å². The number of hydrogen-bond acceptors (Lipinski definition) is 6. The Labute approximate surface area is 156 Å². The van der Waals surface area contributed by atoms with Gasteiger partial charge < -0.3 is 15.4 Å². The molecule has 0 atom stereocenters. The van der Waals surface area contributed by atoms with Crippen LogP contribution in [0.4, 0.5) is 4.39 Å². The van der Waals surface area contributed by atoms with Crippen LogP contribution in [0.5, 0.6) is 0 Å². The van der Waals surface area contributed by atoms with E-state index in [1.54, 1.807) is 13.8 Å². The number of rotatable bonds is 9. The maximum Gasteiger partial charge on any atom is 0.341 e. The van der Waals surface area contributed by atoms with E-state index in [1.807, 2.05) is 0 Å². The fraction of sp³-hybridized carbons (Fsp3) is 0.438. The van der Waals surface area contributed by atoms with Crippen molar-refractivity contribution in [2.45, 2.75) is 18.7 Å². The largest absolute Gasteiger partial charge is 0.452 e. The number of nitrogens with one attached hydrogen (secondary N) is 2. The highest BCUT2D eigenvalue weighted by Gasteiger charge is 2.25. The summed E-state index contributed by atoms with van der Waals surface area (Å²) in [4.78, 5) is 34.3. The summed E-state index contributed by atoms with van der Waals surface area (Å²) in [5, 5.41) is 4.48. The van der Waals surface area contributed by atoms with Crippen molar-refractivity contribution in [1.82, 2.24) is 14.9 Å². The first-order valence-corrected chi connectivity index (χ1v) is 9.55. The zero-order valence-electron chi connectivity index (χ0n) is 15.2. The summed E-state index contributed by atoms with van der Waals surface area (Å²) >= 11 is 0. The lowest BCUT2D eigenvalue weighted by Gasteiger charge is -2.18. The summed E-state index contributed by atoms with van der Waals surface area (Å²) in [6.07, 6.45) is 0. The number of likely N-dealkylation sites (N-methyl/N-ethyl adjacent to an activating group) is 1. The molecule has 0 saturated heterocycles. The van der Waals surface area contributed by atoms with Crippen molar-refractivity contribution >= 4 is 27.8 Å². The van der Waals surface area contributed by atoms with E-state index in [4.69, 9.17) is 0 Å². The molecule has 2 amide bonds. The molecule has 0 bridgehead atoms. The predicted octanol–water partition coefficient (Wildman–Crippen LogP) is -0.125. The Morgan fingerprint density at radius 1 is 1.15 bits per heavy atom. The standard InChI is InChI=1S/C16H22FN3O6S/c1-4-20(5-2)27(24,25)11-6-7-13(17)12(8-11)16(23)26-10-15(22)19-9-14(21)18-3/h6-8H,4-5,9-10H2,1-3H3,(H,18,21)(H,19,22). The SMILES string of the molecule is CCN(CC)S(=O)(=O)c1ccc(F)c(C(=O)OCC(=O)NCC(=O)NC)c1. The minimum atomic E-state index is -3.89. The molecule has 0 fully saturated rings. The highest BCUT2D eigenvalue weighted by molar-refractivity contribution is 7.89. The molecule has 11 heteroatoms. The molecule has 0 unspecified atom stereocenters. The Balaban J connectivity index is 2.89. The van der Waals surface area contributed by atoms with E-state index >= 15 is 0 Å². The molecule has 150 valence electrons. The van der Waals surface area contributed by atoms with Gasteiger partial charge in [-0.25, -0.2) is 17.6 Å². The first-order valence-electron chi connectivity index (χ1n) is 8.11. The minimum Gasteiger partial charge on any atom is -0.452 e. The molecule has 9 nitrogen and oxygen atoms in total. The maximum absolute atomic E-state index is 13.9. The molecule has 0 saturated carbocycles. The third kappa shape index (κ3) is 6.00. The molecule has 0 aliphatic rings. The lowest BCUT2D eigenvalue weighted by molar-refractivity contribution is -0.127. The molecular formula is C16H22FN3O6S. The molecular weight excluding hydrogens is 381 g/mol. The van der Waals surface area contributed by atoms with Crippen LogP contribution in [0.2, 0.25) is 0 Å². The van der Waals surface area contributed by atoms with Gasteiger partial charge in [-0.05, 0) is 18.2 Å². The molecule has 0 heterocycles. The summed E-state index contributed by atoms with van der Waals surface area (Å²) in [5.74, 6) is -3.39. The van der Waals surface area contributed by atoms with Crippen LogP contribution >= 0.6 is 0 Å². The number of sulfonamides is 1. The van der Waals surface area contributed by atoms with E-state index in [0.29, 0.717) is 0 Å². The predicted molar refractivity (Wildman–Crippen MR) is 93.9 cm³/mol. The number of carbonyl (C=O) groups excluding carboxylic acids is 3. The molecule has 2 N–H and O–H groups in total. The van der Waals surface area contributed by atoms with E-state index in [-0.39, 0.29) is 24.5 Å². The summed E-state index contributed by atoms with van der Waals surface area (Å²) in [5.41, 5.74) is -0.609. The van der Waals surface area contributed by atoms with Gasteiger partial charge in [0.2, 0.25) is 15.9 Å². The molecule has 0 aliphatic carbocycles. The van der Waals surface area contributed by atoms with Gasteiger partial charge in [-0.1, -0.05) is 13.8 Å². The Hall–Kier alpha value is -2.53. The topological polar surface area (TPSA) is 122 Å². The van der Waals surface area contributed by atoms with Gasteiger partial charge in [0.05, 0.1) is 17.0 Å². The van der Waals surface area contributed by atoms with Gasteiger partial charge in [0, 0.05) is 20.1 Å². The first-order chi connectivity index (χ1) is 12.7. The van der Waals surface area contributed by atoms with Crippen molar-refractivity contribution in [3.8, 4) is 0 Å². The van der Waals surface area contributed by atoms with Crippen LogP contribution in [0.15, 0.2) is 23.1 Å². The fourth-order valence-electron chi connectivity index (χ4n) is 2.06. The van der Waals surface area contributed by atoms with Gasteiger partial charge in [0.15, 0.2) is 6.61 Å². The van der Waals surface area contributed by atoms with Crippen LogP contribution in [0.25, 0.3) is 0 Å². The first kappa shape index (κ1) is 22.5. The number of ether oxygens (including phenoxy) is 1. The van der Waals surface area contributed by atoms with Gasteiger partial charge >= 0.3 is 5.97 Å². The lowest BCUT2D eigenvalue weighted by Crippen LogP contribution is -2.37. The fourth-order valence-corrected chi connectivity index (χ4v) is 3.55. The second-order valence-electron chi connectivity index (χ2n) is 5.26. The Kier molecular flexibility index (Phi) is 8.32. The second kappa shape index (κ2) is 9.97. The van der Waals surface area contributed by atoms with Crippen LogP contribution in [0.3, 0.4) is 0 Å². The third-order valence-electron chi connectivity index (χ3n) is 3.56. The average molecular weight is 403 g/mol. The highest BCUT2D eigenvalue weighted by atomic mass is 32.2. The Bertz CT molecular complexity index is 808. The number of benzene rings is 1. The summed E-state index contributed by atoms with van der Waals surface area (Å²) in [7, 11) is -2.51. The second-order valence-corrected chi connectivity index (χ2v) is 7.19. The maximum atomic E-state index is 13.9. The van der Waals surface area contributed by atoms with Crippen molar-refractivity contribution in [2.75, 3.05) is 33.3 Å². The van der Waals surface area contributed by atoms with Crippen molar-refractivity contribution in [1.29, 1.82) is 0 Å². The quantitative estimate of drug-likeness (QED) is 0.554. The van der Waals surface area contributed by atoms with Crippen LogP contribution in [0, 0.1) is 5.82 Å². The molecule has 1 aromatic carbocycles. The van der Waals surface area contributed by atoms with E-state index in [0.717, 1.165) is 22.5 Å². The smallest absolute Gasteiger partial charge is 0.341 e. The van der Waals surface area contributed by atoms with Crippen molar-refractivity contribution in [3.63, 3.8) is 0 Å². The average Bonchev–Trinajstić information content (AvgIpc) is 2.64. The number of esters is 1. The summed E-state index contributed by atoms with van der Waals surface area (Å²) in [6, 6.07) is 2.77. The Morgan fingerprint density at radius 2 is 1.78 bits per heavy atom. The normalized spacial score (nSPS) is 11.1. The zero-order valence-corrected chi connectivity index (χ0v) is 16.1.